The van der Waals surface area contributed by atoms with Gasteiger partial charge in [0, 0.05) is 25.3 Å². The summed E-state index contributed by atoms with van der Waals surface area (Å²) in [5.74, 6) is 0.728. The number of likely N-dealkylation sites (N-methyl/N-ethyl adjacent to an activating group) is 1. The molecule has 0 radical (unpaired) electrons. The van der Waals surface area contributed by atoms with E-state index in [0.717, 1.165) is 5.92 Å². The maximum Gasteiger partial charge on any atom is 0.0531 e. The van der Waals surface area contributed by atoms with E-state index >= 15 is 0 Å². The van der Waals surface area contributed by atoms with E-state index < -0.39 is 0 Å². The van der Waals surface area contributed by atoms with Crippen molar-refractivity contribution >= 4 is 0 Å². The maximum absolute atomic E-state index is 2.68. The van der Waals surface area contributed by atoms with E-state index in [1.165, 1.54) is 44.6 Å². The summed E-state index contributed by atoms with van der Waals surface area (Å²) in [6, 6.07) is 0. The van der Waals surface area contributed by atoms with Gasteiger partial charge < -0.3 is 9.80 Å². The van der Waals surface area contributed by atoms with Crippen LogP contribution in [0, 0.1) is 5.92 Å². The Bertz CT molecular complexity index is 339. The van der Waals surface area contributed by atoms with Crippen LogP contribution >= 0.6 is 0 Å². The van der Waals surface area contributed by atoms with E-state index in [9.17, 15) is 0 Å². The summed E-state index contributed by atoms with van der Waals surface area (Å²) in [7, 11) is 2.25. The van der Waals surface area contributed by atoms with Crippen LogP contribution in [0.15, 0.2) is 23.9 Å². The molecule has 1 unspecified atom stereocenters. The summed E-state index contributed by atoms with van der Waals surface area (Å²) in [5.41, 5.74) is 1.99. The fourth-order valence-electron chi connectivity index (χ4n) is 3.07. The van der Waals surface area contributed by atoms with Crippen LogP contribution in [0.4, 0.5) is 0 Å². The van der Waals surface area contributed by atoms with Crippen molar-refractivity contribution in [2.75, 3.05) is 26.7 Å². The van der Waals surface area contributed by atoms with Crippen molar-refractivity contribution in [3.05, 3.63) is 23.9 Å². The molecular formula is C14H22N2. The number of nitrogens with zero attached hydrogens (tertiary/aromatic N) is 2. The Balaban J connectivity index is 1.78. The van der Waals surface area contributed by atoms with Crippen LogP contribution in [0.25, 0.3) is 0 Å². The number of hydrogen-bond donors (Lipinski definition) is 0. The van der Waals surface area contributed by atoms with E-state index in [0.29, 0.717) is 5.54 Å². The molecule has 2 nitrogen and oxygen atoms in total. The van der Waals surface area contributed by atoms with Crippen molar-refractivity contribution in [1.29, 1.82) is 0 Å². The van der Waals surface area contributed by atoms with Crippen molar-refractivity contribution in [3.63, 3.8) is 0 Å². The van der Waals surface area contributed by atoms with E-state index in [1.54, 1.807) is 0 Å². The zero-order valence-corrected chi connectivity index (χ0v) is 10.4. The van der Waals surface area contributed by atoms with E-state index in [-0.39, 0.29) is 0 Å². The Labute approximate surface area is 98.6 Å². The van der Waals surface area contributed by atoms with Crippen molar-refractivity contribution in [2.45, 2.75) is 31.7 Å². The second-order valence-electron chi connectivity index (χ2n) is 5.81. The van der Waals surface area contributed by atoms with Crippen LogP contribution in [0.5, 0.6) is 0 Å². The highest BCUT2D eigenvalue weighted by molar-refractivity contribution is 5.28. The molecule has 3 aliphatic rings. The van der Waals surface area contributed by atoms with E-state index in [1.807, 2.05) is 0 Å². The Morgan fingerprint density at radius 2 is 2.12 bits per heavy atom. The van der Waals surface area contributed by atoms with Gasteiger partial charge >= 0.3 is 0 Å². The van der Waals surface area contributed by atoms with Gasteiger partial charge in [0.05, 0.1) is 5.54 Å². The first-order valence-corrected chi connectivity index (χ1v) is 6.54. The molecule has 16 heavy (non-hydrogen) atoms. The Morgan fingerprint density at radius 1 is 1.31 bits per heavy atom. The second-order valence-corrected chi connectivity index (χ2v) is 5.81. The highest BCUT2D eigenvalue weighted by atomic mass is 15.3. The fourth-order valence-corrected chi connectivity index (χ4v) is 3.07. The third-order valence-corrected chi connectivity index (χ3v) is 4.28. The molecule has 1 aliphatic heterocycles. The Hall–Kier alpha value is -0.760. The fraction of sp³-hybridized carbons (Fsp3) is 0.714. The third-order valence-electron chi connectivity index (χ3n) is 4.28. The molecule has 2 aliphatic carbocycles. The van der Waals surface area contributed by atoms with Gasteiger partial charge in [0.1, 0.15) is 0 Å². The van der Waals surface area contributed by atoms with Gasteiger partial charge in [-0.1, -0.05) is 19.1 Å². The summed E-state index contributed by atoms with van der Waals surface area (Å²) in [5, 5.41) is 0. The largest absolute Gasteiger partial charge is 0.364 e. The molecule has 1 saturated heterocycles. The van der Waals surface area contributed by atoms with Crippen LogP contribution in [0.2, 0.25) is 0 Å². The van der Waals surface area contributed by atoms with Gasteiger partial charge in [0.2, 0.25) is 0 Å². The molecule has 0 aromatic rings. The monoisotopic (exact) mass is 218 g/mol. The normalized spacial score (nSPS) is 33.0. The predicted molar refractivity (Wildman–Crippen MR) is 67.2 cm³/mol. The molecule has 0 amide bonds. The van der Waals surface area contributed by atoms with Gasteiger partial charge in [-0.25, -0.2) is 0 Å². The van der Waals surface area contributed by atoms with Gasteiger partial charge in [0.25, 0.3) is 0 Å². The van der Waals surface area contributed by atoms with Crippen molar-refractivity contribution in [3.8, 4) is 0 Å². The average molecular weight is 218 g/mol. The van der Waals surface area contributed by atoms with Crippen molar-refractivity contribution in [1.82, 2.24) is 9.80 Å². The molecule has 0 N–H and O–H groups in total. The minimum atomic E-state index is 0.504. The zero-order chi connectivity index (χ0) is 11.2. The molecule has 2 heteroatoms. The summed E-state index contributed by atoms with van der Waals surface area (Å²) in [6.07, 6.45) is 11.1. The Morgan fingerprint density at radius 3 is 2.75 bits per heavy atom. The number of piperazine rings is 1. The third kappa shape index (κ3) is 1.69. The summed E-state index contributed by atoms with van der Waals surface area (Å²) < 4.78 is 0. The molecule has 1 spiro atoms. The standard InChI is InChI=1S/C14H22N2/c1-12-3-5-13(6-4-12)16-10-9-15(2)11-14(16)7-8-14/h3,5-6,12H,4,7-11H2,1-2H3. The summed E-state index contributed by atoms with van der Waals surface area (Å²) in [4.78, 5) is 5.16. The smallest absolute Gasteiger partial charge is 0.0531 e. The molecule has 1 heterocycles. The van der Waals surface area contributed by atoms with Crippen molar-refractivity contribution in [2.24, 2.45) is 5.92 Å². The van der Waals surface area contributed by atoms with Gasteiger partial charge in [-0.3, -0.25) is 0 Å². The minimum absolute atomic E-state index is 0.504. The highest BCUT2D eigenvalue weighted by Crippen LogP contribution is 2.46. The average Bonchev–Trinajstić information content (AvgIpc) is 3.00. The first-order chi connectivity index (χ1) is 7.70. The van der Waals surface area contributed by atoms with E-state index in [4.69, 9.17) is 0 Å². The lowest BCUT2D eigenvalue weighted by atomic mass is 9.99. The molecule has 1 atom stereocenters. The molecular weight excluding hydrogens is 196 g/mol. The number of hydrogen-bond acceptors (Lipinski definition) is 2. The number of allylic oxidation sites excluding steroid dienone is 3. The van der Waals surface area contributed by atoms with Crippen LogP contribution in [0.3, 0.4) is 0 Å². The zero-order valence-electron chi connectivity index (χ0n) is 10.4. The predicted octanol–water partition coefficient (Wildman–Crippen LogP) is 2.25. The Kier molecular flexibility index (Phi) is 2.36. The molecule has 1 saturated carbocycles. The molecule has 0 bridgehead atoms. The topological polar surface area (TPSA) is 6.48 Å². The SMILES string of the molecule is CC1C=CC(N2CCN(C)CC23CC3)=CC1. The van der Waals surface area contributed by atoms with E-state index in [2.05, 4.69) is 42.0 Å². The van der Waals surface area contributed by atoms with Crippen molar-refractivity contribution < 1.29 is 0 Å². The van der Waals surface area contributed by atoms with Gasteiger partial charge in [-0.05, 0) is 38.3 Å². The first kappa shape index (κ1) is 10.4. The highest BCUT2D eigenvalue weighted by Gasteiger charge is 2.50. The van der Waals surface area contributed by atoms with Crippen LogP contribution in [-0.4, -0.2) is 42.0 Å². The molecule has 2 fully saturated rings. The first-order valence-electron chi connectivity index (χ1n) is 6.54. The summed E-state index contributed by atoms with van der Waals surface area (Å²) >= 11 is 0. The number of rotatable bonds is 1. The van der Waals surface area contributed by atoms with Gasteiger partial charge in [0.15, 0.2) is 0 Å². The second kappa shape index (κ2) is 3.63. The molecule has 0 aromatic heterocycles. The van der Waals surface area contributed by atoms with Crippen LogP contribution in [0.1, 0.15) is 26.2 Å². The molecule has 3 rings (SSSR count). The van der Waals surface area contributed by atoms with Gasteiger partial charge in [-0.15, -0.1) is 0 Å². The van der Waals surface area contributed by atoms with Crippen LogP contribution < -0.4 is 0 Å². The van der Waals surface area contributed by atoms with Crippen LogP contribution in [-0.2, 0) is 0 Å². The molecule has 0 aromatic carbocycles. The van der Waals surface area contributed by atoms with Gasteiger partial charge in [-0.2, -0.15) is 0 Å². The maximum atomic E-state index is 2.68. The lowest BCUT2D eigenvalue weighted by Gasteiger charge is -2.43. The quantitative estimate of drug-likeness (QED) is 0.666. The minimum Gasteiger partial charge on any atom is -0.364 e. The lowest BCUT2D eigenvalue weighted by molar-refractivity contribution is 0.108. The molecule has 88 valence electrons. The lowest BCUT2D eigenvalue weighted by Crippen LogP contribution is -2.52. The summed E-state index contributed by atoms with van der Waals surface area (Å²) in [6.45, 7) is 5.97.